The molecule has 0 atom stereocenters. The summed E-state index contributed by atoms with van der Waals surface area (Å²) in [5.74, 6) is 1.61. The van der Waals surface area contributed by atoms with Crippen molar-refractivity contribution in [2.45, 2.75) is 26.6 Å². The summed E-state index contributed by atoms with van der Waals surface area (Å²) in [5, 5.41) is 6.27. The molecule has 2 aromatic rings. The Bertz CT molecular complexity index is 844. The van der Waals surface area contributed by atoms with Gasteiger partial charge >= 0.3 is 6.18 Å². The maximum atomic E-state index is 12.3. The monoisotopic (exact) mass is 426 g/mol. The van der Waals surface area contributed by atoms with Crippen LogP contribution in [0, 0.1) is 0 Å². The number of rotatable bonds is 9. The highest BCUT2D eigenvalue weighted by molar-refractivity contribution is 5.93. The third-order valence-corrected chi connectivity index (χ3v) is 3.67. The Kier molecular flexibility index (Phi) is 8.57. The first-order chi connectivity index (χ1) is 14.3. The molecule has 0 aliphatic heterocycles. The quantitative estimate of drug-likeness (QED) is 0.466. The lowest BCUT2D eigenvalue weighted by atomic mass is 10.2. The molecule has 0 spiro atoms. The van der Waals surface area contributed by atoms with E-state index < -0.39 is 12.8 Å². The highest BCUT2D eigenvalue weighted by Gasteiger charge is 2.28. The third kappa shape index (κ3) is 7.69. The number of benzene rings is 1. The highest BCUT2D eigenvalue weighted by atomic mass is 19.4. The molecule has 0 aliphatic carbocycles. The van der Waals surface area contributed by atoms with Crippen LogP contribution < -0.4 is 24.8 Å². The molecule has 30 heavy (non-hydrogen) atoms. The van der Waals surface area contributed by atoms with Crippen LogP contribution in [-0.4, -0.2) is 44.0 Å². The summed E-state index contributed by atoms with van der Waals surface area (Å²) in [7, 11) is 1.56. The summed E-state index contributed by atoms with van der Waals surface area (Å²) in [6.07, 6.45) is -3.04. The van der Waals surface area contributed by atoms with Crippen molar-refractivity contribution in [3.8, 4) is 17.4 Å². The first-order valence-electron chi connectivity index (χ1n) is 9.35. The normalized spacial score (nSPS) is 11.7. The number of anilines is 1. The molecule has 1 aromatic heterocycles. The van der Waals surface area contributed by atoms with Crippen LogP contribution in [0.3, 0.4) is 0 Å². The Morgan fingerprint density at radius 2 is 1.90 bits per heavy atom. The minimum atomic E-state index is -4.42. The minimum Gasteiger partial charge on any atom is -0.493 e. The lowest BCUT2D eigenvalue weighted by Crippen LogP contribution is -2.30. The Labute approximate surface area is 173 Å². The van der Waals surface area contributed by atoms with E-state index in [0.717, 1.165) is 5.69 Å². The molecule has 164 valence electrons. The number of alkyl halides is 3. The number of nitrogens with one attached hydrogen (secondary N) is 2. The number of halogens is 3. The van der Waals surface area contributed by atoms with E-state index in [-0.39, 0.29) is 12.4 Å². The van der Waals surface area contributed by atoms with Crippen LogP contribution in [0.1, 0.15) is 19.4 Å². The molecule has 2 rings (SSSR count). The average molecular weight is 426 g/mol. The molecule has 0 aliphatic rings. The standard InChI is InChI=1S/C20H25F3N4O3/c1-4-24-19(27-15-6-7-16(29-5-2)17(11-15)28-3)26-12-14-8-9-25-18(10-14)30-13-20(21,22)23/h6-11H,4-5,12-13H2,1-3H3,(H2,24,26,27). The number of guanidine groups is 1. The molecular weight excluding hydrogens is 401 g/mol. The van der Waals surface area contributed by atoms with E-state index in [1.165, 1.54) is 12.3 Å². The Morgan fingerprint density at radius 1 is 1.10 bits per heavy atom. The van der Waals surface area contributed by atoms with Gasteiger partial charge < -0.3 is 24.8 Å². The number of hydrogen-bond donors (Lipinski definition) is 2. The molecule has 0 saturated carbocycles. The zero-order valence-corrected chi connectivity index (χ0v) is 17.0. The van der Waals surface area contributed by atoms with Crippen molar-refractivity contribution in [2.75, 3.05) is 32.2 Å². The number of pyridine rings is 1. The van der Waals surface area contributed by atoms with Gasteiger partial charge in [0.05, 0.1) is 20.3 Å². The molecule has 0 unspecified atom stereocenters. The van der Waals surface area contributed by atoms with Gasteiger partial charge in [0.1, 0.15) is 0 Å². The van der Waals surface area contributed by atoms with Crippen molar-refractivity contribution in [1.29, 1.82) is 0 Å². The number of aliphatic imine (C=N–C) groups is 1. The van der Waals surface area contributed by atoms with Gasteiger partial charge in [-0.25, -0.2) is 9.98 Å². The number of aromatic nitrogens is 1. The van der Waals surface area contributed by atoms with Crippen LogP contribution in [0.15, 0.2) is 41.5 Å². The summed E-state index contributed by atoms with van der Waals surface area (Å²) in [6, 6.07) is 8.50. The van der Waals surface area contributed by atoms with E-state index in [1.807, 2.05) is 19.9 Å². The van der Waals surface area contributed by atoms with E-state index in [4.69, 9.17) is 9.47 Å². The number of methoxy groups -OCH3 is 1. The van der Waals surface area contributed by atoms with Gasteiger partial charge in [-0.15, -0.1) is 0 Å². The third-order valence-electron chi connectivity index (χ3n) is 3.67. The topological polar surface area (TPSA) is 77.0 Å². The minimum absolute atomic E-state index is 0.103. The first-order valence-corrected chi connectivity index (χ1v) is 9.35. The van der Waals surface area contributed by atoms with E-state index >= 15 is 0 Å². The largest absolute Gasteiger partial charge is 0.493 e. The molecule has 7 nitrogen and oxygen atoms in total. The fourth-order valence-corrected chi connectivity index (χ4v) is 2.42. The molecule has 0 bridgehead atoms. The lowest BCUT2D eigenvalue weighted by Gasteiger charge is -2.14. The van der Waals surface area contributed by atoms with Gasteiger partial charge in [-0.3, -0.25) is 0 Å². The van der Waals surface area contributed by atoms with Crippen molar-refractivity contribution >= 4 is 11.6 Å². The fourth-order valence-electron chi connectivity index (χ4n) is 2.42. The SMILES string of the molecule is CCNC(=NCc1ccnc(OCC(F)(F)F)c1)Nc1ccc(OCC)c(OC)c1. The zero-order valence-electron chi connectivity index (χ0n) is 17.0. The van der Waals surface area contributed by atoms with Gasteiger partial charge in [-0.2, -0.15) is 13.2 Å². The smallest absolute Gasteiger partial charge is 0.422 e. The van der Waals surface area contributed by atoms with E-state index in [9.17, 15) is 13.2 Å². The van der Waals surface area contributed by atoms with Gasteiger partial charge in [0, 0.05) is 30.6 Å². The molecular formula is C20H25F3N4O3. The second-order valence-corrected chi connectivity index (χ2v) is 6.02. The summed E-state index contributed by atoms with van der Waals surface area (Å²) < 4.78 is 52.4. The van der Waals surface area contributed by atoms with Crippen LogP contribution in [0.25, 0.3) is 0 Å². The van der Waals surface area contributed by atoms with Crippen molar-refractivity contribution < 1.29 is 27.4 Å². The number of nitrogens with zero attached hydrogens (tertiary/aromatic N) is 2. The predicted octanol–water partition coefficient (Wildman–Crippen LogP) is 4.01. The van der Waals surface area contributed by atoms with Crippen LogP contribution in [-0.2, 0) is 6.54 Å². The van der Waals surface area contributed by atoms with Gasteiger partial charge in [-0.1, -0.05) is 0 Å². The van der Waals surface area contributed by atoms with Crippen LogP contribution in [0.2, 0.25) is 0 Å². The fraction of sp³-hybridized carbons (Fsp3) is 0.400. The van der Waals surface area contributed by atoms with Gasteiger partial charge in [-0.05, 0) is 37.6 Å². The molecule has 2 N–H and O–H groups in total. The first kappa shape index (κ1) is 23.1. The summed E-state index contributed by atoms with van der Waals surface area (Å²) in [5.41, 5.74) is 1.39. The van der Waals surface area contributed by atoms with Gasteiger partial charge in [0.25, 0.3) is 0 Å². The van der Waals surface area contributed by atoms with Gasteiger partial charge in [0.2, 0.25) is 5.88 Å². The highest BCUT2D eigenvalue weighted by Crippen LogP contribution is 2.30. The van der Waals surface area contributed by atoms with Crippen LogP contribution in [0.5, 0.6) is 17.4 Å². The molecule has 0 radical (unpaired) electrons. The maximum absolute atomic E-state index is 12.3. The van der Waals surface area contributed by atoms with Crippen molar-refractivity contribution in [1.82, 2.24) is 10.3 Å². The summed E-state index contributed by atoms with van der Waals surface area (Å²) in [4.78, 5) is 8.25. The molecule has 10 heteroatoms. The second-order valence-electron chi connectivity index (χ2n) is 6.02. The number of ether oxygens (including phenoxy) is 3. The Hall–Kier alpha value is -3.17. The molecule has 0 saturated heterocycles. The maximum Gasteiger partial charge on any atom is 0.422 e. The van der Waals surface area contributed by atoms with E-state index in [2.05, 4.69) is 25.3 Å². The molecule has 1 heterocycles. The summed E-state index contributed by atoms with van der Waals surface area (Å²) >= 11 is 0. The van der Waals surface area contributed by atoms with E-state index in [0.29, 0.717) is 36.2 Å². The Balaban J connectivity index is 2.09. The van der Waals surface area contributed by atoms with E-state index in [1.54, 1.807) is 25.3 Å². The van der Waals surface area contributed by atoms with Crippen molar-refractivity contribution in [3.05, 3.63) is 42.1 Å². The zero-order chi connectivity index (χ0) is 22.0. The lowest BCUT2D eigenvalue weighted by molar-refractivity contribution is -0.154. The van der Waals surface area contributed by atoms with Crippen molar-refractivity contribution in [3.63, 3.8) is 0 Å². The average Bonchev–Trinajstić information content (AvgIpc) is 2.72. The van der Waals surface area contributed by atoms with Crippen LogP contribution in [0.4, 0.5) is 18.9 Å². The molecule has 0 amide bonds. The number of hydrogen-bond acceptors (Lipinski definition) is 5. The van der Waals surface area contributed by atoms with Crippen LogP contribution >= 0.6 is 0 Å². The van der Waals surface area contributed by atoms with Crippen molar-refractivity contribution in [2.24, 2.45) is 4.99 Å². The molecule has 0 fully saturated rings. The predicted molar refractivity (Wildman–Crippen MR) is 108 cm³/mol. The van der Waals surface area contributed by atoms with Gasteiger partial charge in [0.15, 0.2) is 24.1 Å². The summed E-state index contributed by atoms with van der Waals surface area (Å²) in [6.45, 7) is 3.78. The molecule has 1 aromatic carbocycles. The second kappa shape index (κ2) is 11.1. The Morgan fingerprint density at radius 3 is 2.57 bits per heavy atom.